The number of thiophene rings is 1. The quantitative estimate of drug-likeness (QED) is 0.142. The molecule has 26 rings (SSSR count). The normalized spacial score (nSPS) is 15.6. The average molecular weight is 1450 g/mol. The Labute approximate surface area is 638 Å². The summed E-state index contributed by atoms with van der Waals surface area (Å²) in [6.45, 7) is -8.90. The molecule has 20 aromatic heterocycles. The number of nitrogens with zero attached hydrogens (tertiary/aromatic N) is 23. The number of benzene rings is 1. The van der Waals surface area contributed by atoms with Crippen molar-refractivity contribution in [3.05, 3.63) is 243 Å². The van der Waals surface area contributed by atoms with Gasteiger partial charge in [-0.15, -0.1) is 0 Å². The first-order valence-electron chi connectivity index (χ1n) is 42.1. The number of imidazole rings is 5. The van der Waals surface area contributed by atoms with Crippen molar-refractivity contribution in [1.29, 1.82) is 0 Å². The Morgan fingerprint density at radius 2 is 0.713 bits per heavy atom. The molecule has 0 radical (unpaired) electrons. The molecule has 0 saturated carbocycles. The van der Waals surface area contributed by atoms with Crippen molar-refractivity contribution in [2.24, 2.45) is 49.0 Å². The molecule has 0 spiro atoms. The van der Waals surface area contributed by atoms with E-state index in [1.54, 1.807) is 97.1 Å². The first kappa shape index (κ1) is 48.3. The van der Waals surface area contributed by atoms with Crippen LogP contribution in [-0.2, 0) is 81.7 Å². The molecule has 25 heterocycles. The third-order valence-corrected chi connectivity index (χ3v) is 22.8. The molecule has 1 aromatic carbocycles. The highest BCUT2D eigenvalue weighted by molar-refractivity contribution is 7.25. The van der Waals surface area contributed by atoms with Gasteiger partial charge in [0.05, 0.1) is 144 Å². The molecule has 0 amide bonds. The molecule has 0 saturated heterocycles. The van der Waals surface area contributed by atoms with Crippen LogP contribution in [0.1, 0.15) is 48.4 Å². The third-order valence-electron chi connectivity index (χ3n) is 21.6. The zero-order valence-electron chi connectivity index (χ0n) is 72.3. The molecule has 520 valence electrons. The van der Waals surface area contributed by atoms with E-state index < -0.39 is 34.9 Å². The lowest BCUT2D eigenvalue weighted by Gasteiger charge is -2.03. The maximum absolute atomic E-state index is 8.31. The van der Waals surface area contributed by atoms with Crippen LogP contribution >= 0.6 is 11.3 Å². The van der Waals surface area contributed by atoms with E-state index in [9.17, 15) is 0 Å². The molecule has 5 aliphatic rings. The van der Waals surface area contributed by atoms with Crippen LogP contribution in [0.3, 0.4) is 0 Å². The number of fused-ring (bicyclic) bond motifs is 35. The predicted molar refractivity (Wildman–Crippen MR) is 411 cm³/mol. The van der Waals surface area contributed by atoms with Gasteiger partial charge in [0.1, 0.15) is 40.9 Å². The third kappa shape index (κ3) is 8.51. The molecule has 21 aromatic rings. The monoisotopic (exact) mass is 1450 g/mol. The highest BCUT2D eigenvalue weighted by Gasteiger charge is 2.41. The standard InChI is InChI=1S/C21H16N5.2C16H14N5.C15H11N4O.C15H11N4S/c1-24-19-17-12-23-10-8-18(17)26(15-5-3-2-4-6-15)21(19)25-13-14-11-22-9-7-16(14)20(24)25;2*1-19-13-4-6-18-8-12(13)14-16(19)21-9-10-7-17-5-3-11(10)15(21)20(14)2;2*1-18-13-11-7-17-5-3-12(11)20-15(13)19-8-9-6-16-4-2-10(9)14(18)19/h2-12H,13H2,1H3;2*3-8H,9H2,1-2H3;2*2-7H,8H2,1H3/q5*+1/i1D3;1D3,2D3;2D3;1D3;. The molecule has 0 aliphatic carbocycles. The zero-order valence-corrected chi connectivity index (χ0v) is 58.2. The summed E-state index contributed by atoms with van der Waals surface area (Å²) in [7, 11) is 4.10. The predicted octanol–water partition coefficient (Wildman–Crippen LogP) is 11.3. The average Bonchev–Trinajstić information content (AvgIpc) is 1.53. The van der Waals surface area contributed by atoms with Crippen molar-refractivity contribution in [1.82, 2.24) is 86.4 Å². The van der Waals surface area contributed by atoms with Gasteiger partial charge in [-0.3, -0.25) is 72.7 Å². The molecule has 25 heteroatoms. The van der Waals surface area contributed by atoms with Gasteiger partial charge >= 0.3 is 5.71 Å². The van der Waals surface area contributed by atoms with Gasteiger partial charge in [-0.25, -0.2) is 32.0 Å². The van der Waals surface area contributed by atoms with E-state index in [0.29, 0.717) is 105 Å². The number of aromatic nitrogens is 23. The summed E-state index contributed by atoms with van der Waals surface area (Å²) >= 11 is 1.84. The second-order valence-electron chi connectivity index (χ2n) is 27.1. The number of rotatable bonds is 1. The molecular weight excluding hydrogens is 1370 g/mol. The van der Waals surface area contributed by atoms with Crippen LogP contribution in [0.2, 0.25) is 0 Å². The largest absolute Gasteiger partial charge is 0.419 e. The number of hydrogen-bond donors (Lipinski definition) is 0. The smallest absolute Gasteiger partial charge is 0.339 e. The van der Waals surface area contributed by atoms with Crippen molar-refractivity contribution in [2.75, 3.05) is 0 Å². The maximum atomic E-state index is 8.31. The second-order valence-corrected chi connectivity index (χ2v) is 28.2. The fourth-order valence-electron chi connectivity index (χ4n) is 17.0. The van der Waals surface area contributed by atoms with E-state index in [4.69, 9.17) is 25.0 Å². The molecule has 0 bridgehead atoms. The van der Waals surface area contributed by atoms with Crippen LogP contribution in [0.25, 0.3) is 171 Å². The van der Waals surface area contributed by atoms with Crippen LogP contribution in [0.4, 0.5) is 0 Å². The highest BCUT2D eigenvalue weighted by Crippen LogP contribution is 2.42. The van der Waals surface area contributed by atoms with Crippen LogP contribution in [0, 0.1) is 0 Å². The van der Waals surface area contributed by atoms with Crippen molar-refractivity contribution in [3.8, 4) is 62.6 Å². The van der Waals surface area contributed by atoms with Gasteiger partial charge in [0.25, 0.3) is 28.6 Å². The van der Waals surface area contributed by atoms with Gasteiger partial charge in [-0.1, -0.05) is 29.5 Å². The summed E-state index contributed by atoms with van der Waals surface area (Å²) in [5.74, 6) is 3.75. The van der Waals surface area contributed by atoms with Gasteiger partial charge in [-0.2, -0.15) is 4.57 Å². The lowest BCUT2D eigenvalue weighted by Crippen LogP contribution is -2.33. The van der Waals surface area contributed by atoms with Crippen molar-refractivity contribution in [2.45, 2.75) is 32.7 Å². The van der Waals surface area contributed by atoms with Gasteiger partial charge in [0, 0.05) is 163 Å². The van der Waals surface area contributed by atoms with Crippen LogP contribution in [-0.4, -0.2) is 86.4 Å². The van der Waals surface area contributed by atoms with E-state index in [0.717, 1.165) is 89.8 Å². The summed E-state index contributed by atoms with van der Waals surface area (Å²) in [6, 6.07) is 28.8. The Hall–Kier alpha value is -13.8. The summed E-state index contributed by atoms with van der Waals surface area (Å²) in [5.41, 5.74) is 20.1. The summed E-state index contributed by atoms with van der Waals surface area (Å²) in [4.78, 5) is 43.2. The highest BCUT2D eigenvalue weighted by atomic mass is 32.1. The van der Waals surface area contributed by atoms with Crippen molar-refractivity contribution >= 4 is 120 Å². The maximum Gasteiger partial charge on any atom is 0.339 e. The van der Waals surface area contributed by atoms with Gasteiger partial charge in [0.2, 0.25) is 27.8 Å². The van der Waals surface area contributed by atoms with Gasteiger partial charge < -0.3 is 4.42 Å². The first-order valence-corrected chi connectivity index (χ1v) is 35.5. The van der Waals surface area contributed by atoms with Crippen LogP contribution < -0.4 is 22.8 Å². The van der Waals surface area contributed by atoms with Gasteiger partial charge in [0.15, 0.2) is 22.1 Å². The van der Waals surface area contributed by atoms with E-state index in [1.807, 2.05) is 125 Å². The minimum Gasteiger partial charge on any atom is -0.419 e. The molecular formula is C83H66N23OS+5. The lowest BCUT2D eigenvalue weighted by atomic mass is 10.2. The molecule has 5 aliphatic heterocycles. The molecule has 108 heavy (non-hydrogen) atoms. The summed E-state index contributed by atoms with van der Waals surface area (Å²) in [5, 5.41) is 4.12. The Morgan fingerprint density at radius 3 is 1.24 bits per heavy atom. The molecule has 0 unspecified atom stereocenters. The summed E-state index contributed by atoms with van der Waals surface area (Å²) in [6.07, 6.45) is 34.7. The molecule has 24 nitrogen and oxygen atoms in total. The molecule has 0 fully saturated rings. The van der Waals surface area contributed by atoms with Crippen LogP contribution in [0.5, 0.6) is 0 Å². The number of aryl methyl sites for hydroxylation is 7. The fourth-order valence-corrected chi connectivity index (χ4v) is 18.2. The molecule has 0 atom stereocenters. The van der Waals surface area contributed by atoms with E-state index in [2.05, 4.69) is 91.9 Å². The number of hydrogen-bond acceptors (Lipinski definition) is 12. The first-order chi connectivity index (χ1) is 59.1. The van der Waals surface area contributed by atoms with E-state index in [1.165, 1.54) is 72.6 Å². The Balaban J connectivity index is 0.0000000921. The fraction of sp³-hybridized carbons (Fsp3) is 0.145. The second kappa shape index (κ2) is 23.1. The SMILES string of the molecule is Cn1c2[n+](c3sc4ccncc4c31)Cc1cnccc1-2.[2H]C([2H])([2H])n1c2[n+](c3c1c1cnccc1n3-c1ccccc1)Cc1cnccc1-2.[2H]C([2H])([2H])n1c2[n+](c3c1c1cnccc1n3C([2H])([2H])[2H])Cc1cnccc1-2.[2H]C([2H])([2H])n1c2[n+](c3c1c1cnccc1n3C)Cc1cnccc1-2.[2H]C([2H])([2H])n1c2[n+](c3oc4ccncc4c31)Cc1cnccc1-2. The Bertz CT molecular complexity index is 8050. The number of para-hydroxylation sites is 1. The van der Waals surface area contributed by atoms with Crippen LogP contribution in [0.15, 0.2) is 219 Å². The topological polar surface area (TPSA) is 201 Å². The van der Waals surface area contributed by atoms with Gasteiger partial charge in [-0.05, 0) is 66.7 Å². The van der Waals surface area contributed by atoms with Crippen molar-refractivity contribution in [3.63, 3.8) is 0 Å². The van der Waals surface area contributed by atoms with Crippen molar-refractivity contribution < 1.29 is 47.8 Å². The Morgan fingerprint density at radius 1 is 0.333 bits per heavy atom. The number of furan rings is 1. The molecule has 0 N–H and O–H groups in total. The Kier molecular flexibility index (Phi) is 10.3. The van der Waals surface area contributed by atoms with E-state index >= 15 is 0 Å². The number of pyridine rings is 10. The zero-order chi connectivity index (χ0) is 84.6. The summed E-state index contributed by atoms with van der Waals surface area (Å²) < 4.78 is 152. The lowest BCUT2D eigenvalue weighted by molar-refractivity contribution is -0.652. The minimum absolute atomic E-state index is 0.348. The van der Waals surface area contributed by atoms with E-state index in [-0.39, 0.29) is 0 Å². The minimum atomic E-state index is -2.49.